The number of carbonyl (C=O) groups excluding carboxylic acids is 3. The second kappa shape index (κ2) is 10.3. The van der Waals surface area contributed by atoms with Crippen molar-refractivity contribution in [2.45, 2.75) is 13.5 Å². The van der Waals surface area contributed by atoms with E-state index in [1.807, 2.05) is 13.0 Å². The number of nitrogens with zero attached hydrogens (tertiary/aromatic N) is 1. The molecule has 31 heavy (non-hydrogen) atoms. The SMILES string of the molecule is C=CC(=O)NCc1ccc(C(=O)Nc2ccc(OCCN3CCNC3=O)cc2C)cc1. The lowest BCUT2D eigenvalue weighted by atomic mass is 10.1. The third-order valence-electron chi connectivity index (χ3n) is 4.89. The van der Waals surface area contributed by atoms with Crippen LogP contribution in [0.15, 0.2) is 55.1 Å². The zero-order chi connectivity index (χ0) is 22.2. The summed E-state index contributed by atoms with van der Waals surface area (Å²) in [5.74, 6) is 0.214. The van der Waals surface area contributed by atoms with Crippen molar-refractivity contribution in [3.8, 4) is 5.75 Å². The summed E-state index contributed by atoms with van der Waals surface area (Å²) in [7, 11) is 0. The Morgan fingerprint density at radius 1 is 1.23 bits per heavy atom. The number of benzene rings is 2. The predicted octanol–water partition coefficient (Wildman–Crippen LogP) is 2.45. The fraction of sp³-hybridized carbons (Fsp3) is 0.261. The average Bonchev–Trinajstić information content (AvgIpc) is 3.18. The normalized spacial score (nSPS) is 12.8. The van der Waals surface area contributed by atoms with Crippen molar-refractivity contribution < 1.29 is 19.1 Å². The predicted molar refractivity (Wildman–Crippen MR) is 118 cm³/mol. The molecule has 3 N–H and O–H groups in total. The van der Waals surface area contributed by atoms with Gasteiger partial charge < -0.3 is 25.6 Å². The summed E-state index contributed by atoms with van der Waals surface area (Å²) in [6, 6.07) is 12.4. The molecule has 0 aliphatic carbocycles. The second-order valence-electron chi connectivity index (χ2n) is 7.12. The summed E-state index contributed by atoms with van der Waals surface area (Å²) in [5.41, 5.74) is 2.96. The number of aryl methyl sites for hydroxylation is 1. The van der Waals surface area contributed by atoms with Crippen molar-refractivity contribution in [1.29, 1.82) is 0 Å². The van der Waals surface area contributed by atoms with Gasteiger partial charge in [-0.2, -0.15) is 0 Å². The fourth-order valence-corrected chi connectivity index (χ4v) is 3.09. The van der Waals surface area contributed by atoms with Crippen molar-refractivity contribution in [2.75, 3.05) is 31.6 Å². The van der Waals surface area contributed by atoms with Gasteiger partial charge in [0.05, 0.1) is 6.54 Å². The van der Waals surface area contributed by atoms with Gasteiger partial charge in [-0.05, 0) is 54.5 Å². The van der Waals surface area contributed by atoms with Crippen molar-refractivity contribution in [2.24, 2.45) is 0 Å². The molecule has 0 saturated carbocycles. The molecule has 0 aromatic heterocycles. The highest BCUT2D eigenvalue weighted by Crippen LogP contribution is 2.22. The van der Waals surface area contributed by atoms with Crippen LogP contribution in [0.3, 0.4) is 0 Å². The van der Waals surface area contributed by atoms with Gasteiger partial charge in [0.2, 0.25) is 5.91 Å². The van der Waals surface area contributed by atoms with Gasteiger partial charge >= 0.3 is 6.03 Å². The van der Waals surface area contributed by atoms with Gasteiger partial charge in [0.15, 0.2) is 0 Å². The first kappa shape index (κ1) is 21.9. The van der Waals surface area contributed by atoms with Crippen molar-refractivity contribution >= 4 is 23.5 Å². The molecule has 8 nitrogen and oxygen atoms in total. The summed E-state index contributed by atoms with van der Waals surface area (Å²) in [4.78, 5) is 37.0. The minimum absolute atomic E-state index is 0.0626. The minimum Gasteiger partial charge on any atom is -0.492 e. The topological polar surface area (TPSA) is 99.8 Å². The van der Waals surface area contributed by atoms with Crippen LogP contribution in [0, 0.1) is 6.92 Å². The Balaban J connectivity index is 1.52. The van der Waals surface area contributed by atoms with Crippen LogP contribution < -0.4 is 20.7 Å². The lowest BCUT2D eigenvalue weighted by Crippen LogP contribution is -2.31. The molecule has 0 spiro atoms. The molecular formula is C23H26N4O4. The van der Waals surface area contributed by atoms with E-state index in [1.54, 1.807) is 41.3 Å². The molecule has 1 heterocycles. The molecule has 162 valence electrons. The number of amides is 4. The number of hydrogen-bond acceptors (Lipinski definition) is 4. The number of rotatable bonds is 9. The van der Waals surface area contributed by atoms with Gasteiger partial charge in [-0.25, -0.2) is 4.79 Å². The van der Waals surface area contributed by atoms with E-state index in [1.165, 1.54) is 6.08 Å². The highest BCUT2D eigenvalue weighted by atomic mass is 16.5. The van der Waals surface area contributed by atoms with Crippen LogP contribution >= 0.6 is 0 Å². The number of anilines is 1. The van der Waals surface area contributed by atoms with E-state index in [9.17, 15) is 14.4 Å². The lowest BCUT2D eigenvalue weighted by Gasteiger charge is -2.15. The van der Waals surface area contributed by atoms with Crippen LogP contribution in [0.2, 0.25) is 0 Å². The number of nitrogens with one attached hydrogen (secondary N) is 3. The van der Waals surface area contributed by atoms with Crippen LogP contribution in [0.1, 0.15) is 21.5 Å². The van der Waals surface area contributed by atoms with Crippen molar-refractivity contribution in [3.63, 3.8) is 0 Å². The quantitative estimate of drug-likeness (QED) is 0.541. The van der Waals surface area contributed by atoms with Crippen LogP contribution in [0.25, 0.3) is 0 Å². The zero-order valence-electron chi connectivity index (χ0n) is 17.4. The van der Waals surface area contributed by atoms with Gasteiger partial charge in [-0.15, -0.1) is 0 Å². The minimum atomic E-state index is -0.244. The number of urea groups is 1. The van der Waals surface area contributed by atoms with E-state index >= 15 is 0 Å². The highest BCUT2D eigenvalue weighted by molar-refractivity contribution is 6.04. The molecule has 8 heteroatoms. The first-order valence-electron chi connectivity index (χ1n) is 10.0. The summed E-state index contributed by atoms with van der Waals surface area (Å²) < 4.78 is 5.73. The molecular weight excluding hydrogens is 396 g/mol. The van der Waals surface area contributed by atoms with Gasteiger partial charge in [0.1, 0.15) is 12.4 Å². The van der Waals surface area contributed by atoms with E-state index in [0.29, 0.717) is 49.8 Å². The van der Waals surface area contributed by atoms with Crippen LogP contribution in [0.5, 0.6) is 5.75 Å². The third kappa shape index (κ3) is 6.08. The molecule has 0 bridgehead atoms. The lowest BCUT2D eigenvalue weighted by molar-refractivity contribution is -0.116. The Morgan fingerprint density at radius 2 is 2.00 bits per heavy atom. The Hall–Kier alpha value is -3.81. The molecule has 1 fully saturated rings. The Kier molecular flexibility index (Phi) is 7.26. The maximum Gasteiger partial charge on any atom is 0.317 e. The molecule has 1 aliphatic heterocycles. The van der Waals surface area contributed by atoms with Crippen LogP contribution in [0.4, 0.5) is 10.5 Å². The summed E-state index contributed by atoms with van der Waals surface area (Å²) >= 11 is 0. The molecule has 1 saturated heterocycles. The van der Waals surface area contributed by atoms with Crippen LogP contribution in [-0.2, 0) is 11.3 Å². The molecule has 3 rings (SSSR count). The van der Waals surface area contributed by atoms with E-state index in [2.05, 4.69) is 22.5 Å². The first-order valence-corrected chi connectivity index (χ1v) is 10.0. The van der Waals surface area contributed by atoms with Gasteiger partial charge in [-0.1, -0.05) is 18.7 Å². The molecule has 0 radical (unpaired) electrons. The van der Waals surface area contributed by atoms with Gasteiger partial charge in [0, 0.05) is 30.9 Å². The van der Waals surface area contributed by atoms with E-state index < -0.39 is 0 Å². The monoisotopic (exact) mass is 422 g/mol. The number of ether oxygens (including phenoxy) is 1. The Labute approximate surface area is 181 Å². The molecule has 4 amide bonds. The Morgan fingerprint density at radius 3 is 2.65 bits per heavy atom. The standard InChI is InChI=1S/C23H26N4O4/c1-3-21(28)25-15-17-4-6-18(7-5-17)22(29)26-20-9-8-19(14-16(20)2)31-13-12-27-11-10-24-23(27)30/h3-9,14H,1,10-13,15H2,2H3,(H,24,30)(H,25,28)(H,26,29). The van der Waals surface area contributed by atoms with Crippen LogP contribution in [-0.4, -0.2) is 49.0 Å². The first-order chi connectivity index (χ1) is 15.0. The van der Waals surface area contributed by atoms with E-state index in [4.69, 9.17) is 4.74 Å². The smallest absolute Gasteiger partial charge is 0.317 e. The van der Waals surface area contributed by atoms with Gasteiger partial charge in [0.25, 0.3) is 5.91 Å². The summed E-state index contributed by atoms with van der Waals surface area (Å²) in [6.07, 6.45) is 1.21. The number of carbonyl (C=O) groups is 3. The second-order valence-corrected chi connectivity index (χ2v) is 7.12. The molecule has 2 aromatic rings. The fourth-order valence-electron chi connectivity index (χ4n) is 3.09. The van der Waals surface area contributed by atoms with E-state index in [0.717, 1.165) is 11.1 Å². The molecule has 0 atom stereocenters. The highest BCUT2D eigenvalue weighted by Gasteiger charge is 2.18. The van der Waals surface area contributed by atoms with Gasteiger partial charge in [-0.3, -0.25) is 9.59 Å². The third-order valence-corrected chi connectivity index (χ3v) is 4.89. The molecule has 0 unspecified atom stereocenters. The number of hydrogen-bond donors (Lipinski definition) is 3. The average molecular weight is 422 g/mol. The van der Waals surface area contributed by atoms with Crippen molar-refractivity contribution in [1.82, 2.24) is 15.5 Å². The molecule has 2 aromatic carbocycles. The van der Waals surface area contributed by atoms with E-state index in [-0.39, 0.29) is 17.8 Å². The molecule has 1 aliphatic rings. The van der Waals surface area contributed by atoms with Crippen molar-refractivity contribution in [3.05, 3.63) is 71.8 Å². The Bertz CT molecular complexity index is 972. The largest absolute Gasteiger partial charge is 0.492 e. The zero-order valence-corrected chi connectivity index (χ0v) is 17.4. The maximum absolute atomic E-state index is 12.6. The maximum atomic E-state index is 12.6. The summed E-state index contributed by atoms with van der Waals surface area (Å²) in [6.45, 7) is 7.95. The summed E-state index contributed by atoms with van der Waals surface area (Å²) in [5, 5.41) is 8.34.